The molecule has 1 aromatic carbocycles. The monoisotopic (exact) mass is 435 g/mol. The number of alkyl halides is 3. The van der Waals surface area contributed by atoms with Gasteiger partial charge in [-0.25, -0.2) is 9.97 Å². The van der Waals surface area contributed by atoms with Crippen molar-refractivity contribution >= 4 is 52.0 Å². The van der Waals surface area contributed by atoms with Crippen LogP contribution in [0.5, 0.6) is 0 Å². The highest BCUT2D eigenvalue weighted by molar-refractivity contribution is 7.99. The van der Waals surface area contributed by atoms with Gasteiger partial charge in [-0.3, -0.25) is 0 Å². The van der Waals surface area contributed by atoms with E-state index in [0.717, 1.165) is 27.7 Å². The third kappa shape index (κ3) is 5.03. The average Bonchev–Trinajstić information content (AvgIpc) is 3.00. The van der Waals surface area contributed by atoms with Crippen LogP contribution in [0, 0.1) is 0 Å². The SMILES string of the molecule is FC(F)(F)c1cnc(Sc2ccc(NCc3cnc(Cl)s3)cc2)c(Cl)c1. The molecule has 1 N–H and O–H groups in total. The summed E-state index contributed by atoms with van der Waals surface area (Å²) >= 11 is 14.3. The lowest BCUT2D eigenvalue weighted by Gasteiger charge is -2.09. The molecule has 0 atom stereocenters. The second-order valence-corrected chi connectivity index (χ2v) is 8.23. The van der Waals surface area contributed by atoms with E-state index in [2.05, 4.69) is 15.3 Å². The number of nitrogens with one attached hydrogen (secondary N) is 1. The van der Waals surface area contributed by atoms with E-state index in [9.17, 15) is 13.2 Å². The Bertz CT molecular complexity index is 899. The zero-order chi connectivity index (χ0) is 18.7. The van der Waals surface area contributed by atoms with Crippen molar-refractivity contribution in [3.63, 3.8) is 0 Å². The molecule has 0 radical (unpaired) electrons. The standard InChI is InChI=1S/C16H10Cl2F3N3S2/c17-13-5-9(16(19,20)21)6-23-14(13)25-11-3-1-10(2-4-11)22-7-12-8-24-15(18)26-12/h1-6,8,22H,7H2. The summed E-state index contributed by atoms with van der Waals surface area (Å²) in [5.74, 6) is 0. The minimum Gasteiger partial charge on any atom is -0.380 e. The first-order chi connectivity index (χ1) is 12.3. The predicted octanol–water partition coefficient (Wildman–Crippen LogP) is 6.63. The summed E-state index contributed by atoms with van der Waals surface area (Å²) in [4.78, 5) is 9.61. The van der Waals surface area contributed by atoms with Crippen LogP contribution in [0.15, 0.2) is 52.6 Å². The third-order valence-corrected chi connectivity index (χ3v) is 5.74. The maximum Gasteiger partial charge on any atom is 0.417 e. The minimum atomic E-state index is -4.46. The van der Waals surface area contributed by atoms with Gasteiger partial charge in [0.05, 0.1) is 17.1 Å². The molecule has 0 bridgehead atoms. The van der Waals surface area contributed by atoms with Crippen molar-refractivity contribution in [3.8, 4) is 0 Å². The Balaban J connectivity index is 1.64. The number of benzene rings is 1. The molecule has 0 aliphatic rings. The molecule has 26 heavy (non-hydrogen) atoms. The fraction of sp³-hybridized carbons (Fsp3) is 0.125. The summed E-state index contributed by atoms with van der Waals surface area (Å²) in [6.07, 6.45) is -1.97. The van der Waals surface area contributed by atoms with Crippen molar-refractivity contribution in [2.45, 2.75) is 22.6 Å². The summed E-state index contributed by atoms with van der Waals surface area (Å²) in [7, 11) is 0. The van der Waals surface area contributed by atoms with Gasteiger partial charge in [-0.1, -0.05) is 35.0 Å². The summed E-state index contributed by atoms with van der Waals surface area (Å²) in [5, 5.41) is 3.52. The third-order valence-electron chi connectivity index (χ3n) is 3.20. The molecule has 3 aromatic rings. The predicted molar refractivity (Wildman–Crippen MR) is 99.3 cm³/mol. The molecule has 2 heterocycles. The van der Waals surface area contributed by atoms with E-state index in [4.69, 9.17) is 23.2 Å². The molecule has 10 heteroatoms. The highest BCUT2D eigenvalue weighted by atomic mass is 35.5. The molecule has 136 valence electrons. The molecule has 0 aliphatic carbocycles. The van der Waals surface area contributed by atoms with Gasteiger partial charge in [0.1, 0.15) is 5.03 Å². The average molecular weight is 436 g/mol. The molecule has 3 rings (SSSR count). The van der Waals surface area contributed by atoms with Gasteiger partial charge in [0.2, 0.25) is 0 Å². The number of nitrogens with zero attached hydrogens (tertiary/aromatic N) is 2. The van der Waals surface area contributed by atoms with E-state index in [-0.39, 0.29) is 5.02 Å². The Labute approximate surface area is 165 Å². The van der Waals surface area contributed by atoms with Crippen molar-refractivity contribution in [2.75, 3.05) is 5.32 Å². The van der Waals surface area contributed by atoms with Gasteiger partial charge >= 0.3 is 6.18 Å². The molecule has 3 nitrogen and oxygen atoms in total. The Morgan fingerprint density at radius 3 is 2.38 bits per heavy atom. The molecule has 2 aromatic heterocycles. The van der Waals surface area contributed by atoms with E-state index in [0.29, 0.717) is 16.0 Å². The van der Waals surface area contributed by atoms with Crippen molar-refractivity contribution in [1.29, 1.82) is 0 Å². The van der Waals surface area contributed by atoms with Gasteiger partial charge in [0.15, 0.2) is 4.47 Å². The van der Waals surface area contributed by atoms with Crippen LogP contribution in [0.2, 0.25) is 9.49 Å². The van der Waals surface area contributed by atoms with Crippen molar-refractivity contribution in [2.24, 2.45) is 0 Å². The largest absolute Gasteiger partial charge is 0.417 e. The molecule has 0 unspecified atom stereocenters. The zero-order valence-corrected chi connectivity index (χ0v) is 16.0. The van der Waals surface area contributed by atoms with Crippen LogP contribution in [-0.4, -0.2) is 9.97 Å². The quantitative estimate of drug-likeness (QED) is 0.488. The molecule has 0 saturated carbocycles. The fourth-order valence-electron chi connectivity index (χ4n) is 1.96. The van der Waals surface area contributed by atoms with Crippen molar-refractivity contribution in [1.82, 2.24) is 9.97 Å². The summed E-state index contributed by atoms with van der Waals surface area (Å²) in [6.45, 7) is 0.600. The topological polar surface area (TPSA) is 37.8 Å². The number of hydrogen-bond donors (Lipinski definition) is 1. The first-order valence-corrected chi connectivity index (χ1v) is 9.55. The number of rotatable bonds is 5. The molecule has 0 aliphatic heterocycles. The lowest BCUT2D eigenvalue weighted by atomic mass is 10.3. The number of hydrogen-bond acceptors (Lipinski definition) is 5. The summed E-state index contributed by atoms with van der Waals surface area (Å²) < 4.78 is 38.4. The van der Waals surface area contributed by atoms with Crippen molar-refractivity contribution < 1.29 is 13.2 Å². The molecular weight excluding hydrogens is 426 g/mol. The maximum atomic E-state index is 12.6. The van der Waals surface area contributed by atoms with Gasteiger partial charge in [-0.2, -0.15) is 13.2 Å². The van der Waals surface area contributed by atoms with E-state index >= 15 is 0 Å². The fourth-order valence-corrected chi connectivity index (χ4v) is 3.92. The lowest BCUT2D eigenvalue weighted by molar-refractivity contribution is -0.137. The second-order valence-electron chi connectivity index (χ2n) is 5.07. The lowest BCUT2D eigenvalue weighted by Crippen LogP contribution is -2.05. The van der Waals surface area contributed by atoms with Gasteiger partial charge in [0, 0.05) is 27.9 Å². The first kappa shape index (κ1) is 19.3. The van der Waals surface area contributed by atoms with Crippen LogP contribution >= 0.6 is 46.3 Å². The number of halogens is 5. The smallest absolute Gasteiger partial charge is 0.380 e. The highest BCUT2D eigenvalue weighted by Gasteiger charge is 2.31. The van der Waals surface area contributed by atoms with Crippen LogP contribution < -0.4 is 5.32 Å². The van der Waals surface area contributed by atoms with Crippen LogP contribution in [0.25, 0.3) is 0 Å². The Morgan fingerprint density at radius 1 is 1.08 bits per heavy atom. The molecule has 0 fully saturated rings. The summed E-state index contributed by atoms with van der Waals surface area (Å²) in [6, 6.07) is 8.28. The van der Waals surface area contributed by atoms with Crippen LogP contribution in [0.3, 0.4) is 0 Å². The molecule has 0 saturated heterocycles. The number of aromatic nitrogens is 2. The molecule has 0 spiro atoms. The number of thiazole rings is 1. The van der Waals surface area contributed by atoms with E-state index in [1.807, 2.05) is 24.3 Å². The second kappa shape index (κ2) is 8.04. The van der Waals surface area contributed by atoms with Gasteiger partial charge in [0.25, 0.3) is 0 Å². The van der Waals surface area contributed by atoms with Crippen LogP contribution in [-0.2, 0) is 12.7 Å². The molecular formula is C16H10Cl2F3N3S2. The van der Waals surface area contributed by atoms with Gasteiger partial charge < -0.3 is 5.32 Å². The van der Waals surface area contributed by atoms with Crippen LogP contribution in [0.1, 0.15) is 10.4 Å². The number of pyridine rings is 1. The Hall–Kier alpha value is -1.48. The Kier molecular flexibility index (Phi) is 5.96. The normalized spacial score (nSPS) is 11.6. The van der Waals surface area contributed by atoms with Gasteiger partial charge in [-0.15, -0.1) is 11.3 Å². The van der Waals surface area contributed by atoms with Gasteiger partial charge in [-0.05, 0) is 30.3 Å². The van der Waals surface area contributed by atoms with E-state index < -0.39 is 11.7 Å². The Morgan fingerprint density at radius 2 is 1.81 bits per heavy atom. The zero-order valence-electron chi connectivity index (χ0n) is 12.8. The highest BCUT2D eigenvalue weighted by Crippen LogP contribution is 2.36. The first-order valence-electron chi connectivity index (χ1n) is 7.16. The van der Waals surface area contributed by atoms with Crippen LogP contribution in [0.4, 0.5) is 18.9 Å². The summed E-state index contributed by atoms with van der Waals surface area (Å²) in [5.41, 5.74) is 0.0277. The maximum absolute atomic E-state index is 12.6. The van der Waals surface area contributed by atoms with Crippen molar-refractivity contribution in [3.05, 3.63) is 62.7 Å². The van der Waals surface area contributed by atoms with E-state index in [1.165, 1.54) is 23.1 Å². The number of anilines is 1. The van der Waals surface area contributed by atoms with E-state index in [1.54, 1.807) is 6.20 Å². The minimum absolute atomic E-state index is 0.0332. The molecule has 0 amide bonds.